The summed E-state index contributed by atoms with van der Waals surface area (Å²) < 4.78 is 25.4. The van der Waals surface area contributed by atoms with E-state index in [1.165, 1.54) is 23.9 Å². The fraction of sp³-hybridized carbons (Fsp3) is 0.364. The summed E-state index contributed by atoms with van der Waals surface area (Å²) in [5, 5.41) is 8.95. The number of nitrogens with one attached hydrogen (secondary N) is 1. The highest BCUT2D eigenvalue weighted by Crippen LogP contribution is 2.27. The van der Waals surface area contributed by atoms with Gasteiger partial charge in [0.15, 0.2) is 5.16 Å². The molecule has 3 N–H and O–H groups in total. The van der Waals surface area contributed by atoms with Crippen molar-refractivity contribution < 1.29 is 13.2 Å². The summed E-state index contributed by atoms with van der Waals surface area (Å²) >= 11 is 1.34. The van der Waals surface area contributed by atoms with Crippen LogP contribution >= 0.6 is 11.8 Å². The summed E-state index contributed by atoms with van der Waals surface area (Å²) in [6.07, 6.45) is 1.95. The number of imidazole rings is 1. The molecule has 3 aromatic rings. The highest BCUT2D eigenvalue weighted by molar-refractivity contribution is 7.99. The van der Waals surface area contributed by atoms with Crippen LogP contribution < -0.4 is 10.5 Å². The molecule has 0 spiro atoms. The number of unbranched alkanes of at least 4 members (excludes halogenated alkanes) is 1. The molecule has 0 bridgehead atoms. The number of hydrogen-bond acceptors (Lipinski definition) is 5. The number of benzene rings is 2. The van der Waals surface area contributed by atoms with Crippen LogP contribution in [0.25, 0.3) is 11.0 Å². The summed E-state index contributed by atoms with van der Waals surface area (Å²) in [6, 6.07) is 8.79. The number of amides is 1. The highest BCUT2D eigenvalue weighted by atomic mass is 32.2. The molecule has 166 valence electrons. The molecule has 3 rings (SSSR count). The van der Waals surface area contributed by atoms with Crippen LogP contribution in [0.5, 0.6) is 0 Å². The van der Waals surface area contributed by atoms with Crippen molar-refractivity contribution in [3.8, 4) is 0 Å². The number of nitrogens with two attached hydrogens (primary N) is 1. The molecule has 31 heavy (non-hydrogen) atoms. The van der Waals surface area contributed by atoms with Crippen LogP contribution in [0.2, 0.25) is 0 Å². The average Bonchev–Trinajstić information content (AvgIpc) is 3.03. The second kappa shape index (κ2) is 9.42. The van der Waals surface area contributed by atoms with Gasteiger partial charge in [-0.25, -0.2) is 18.5 Å². The number of primary sulfonamides is 1. The number of sulfonamides is 1. The first-order valence-electron chi connectivity index (χ1n) is 10.1. The molecule has 1 aromatic heterocycles. The third-order valence-corrected chi connectivity index (χ3v) is 6.91. The second-order valence-electron chi connectivity index (χ2n) is 7.71. The topological polar surface area (TPSA) is 107 Å². The summed E-state index contributed by atoms with van der Waals surface area (Å²) in [7, 11) is -3.81. The molecule has 0 fully saturated rings. The van der Waals surface area contributed by atoms with Gasteiger partial charge in [-0.3, -0.25) is 4.79 Å². The fourth-order valence-corrected chi connectivity index (χ4v) is 4.96. The number of rotatable bonds is 8. The fourth-order valence-electron chi connectivity index (χ4n) is 3.59. The van der Waals surface area contributed by atoms with Crippen molar-refractivity contribution in [2.24, 2.45) is 5.14 Å². The Hall–Kier alpha value is -2.36. The molecule has 0 unspecified atom stereocenters. The normalized spacial score (nSPS) is 11.8. The maximum Gasteiger partial charge on any atom is 0.238 e. The predicted molar refractivity (Wildman–Crippen MR) is 126 cm³/mol. The van der Waals surface area contributed by atoms with Crippen LogP contribution in [0.3, 0.4) is 0 Å². The van der Waals surface area contributed by atoms with Gasteiger partial charge in [0.2, 0.25) is 15.9 Å². The number of carbonyl (C=O) groups is 1. The quantitative estimate of drug-likeness (QED) is 0.491. The Kier molecular flexibility index (Phi) is 7.08. The molecule has 0 aliphatic rings. The predicted octanol–water partition coefficient (Wildman–Crippen LogP) is 4.14. The van der Waals surface area contributed by atoms with Gasteiger partial charge in [-0.05, 0) is 56.5 Å². The average molecular weight is 461 g/mol. The third-order valence-electron chi connectivity index (χ3n) is 5.02. The summed E-state index contributed by atoms with van der Waals surface area (Å²) in [5.41, 5.74) is 5.44. The van der Waals surface area contributed by atoms with Crippen molar-refractivity contribution in [2.75, 3.05) is 11.1 Å². The lowest BCUT2D eigenvalue weighted by molar-refractivity contribution is -0.113. The van der Waals surface area contributed by atoms with Crippen LogP contribution in [-0.2, 0) is 21.4 Å². The largest absolute Gasteiger partial charge is 0.325 e. The summed E-state index contributed by atoms with van der Waals surface area (Å²) in [5.74, 6) is 0.0870. The lowest BCUT2D eigenvalue weighted by Gasteiger charge is -2.13. The standard InChI is InChI=1S/C22H28N4O3S2/c1-5-6-9-26-19-8-7-17(31(23,28)29)12-18(19)24-22(26)30-13-20(27)25-21-15(3)10-14(2)11-16(21)4/h7-8,10-12H,5-6,9,13H2,1-4H3,(H,25,27)(H2,23,28,29). The van der Waals surface area contributed by atoms with E-state index in [1.807, 2.05) is 37.5 Å². The second-order valence-corrected chi connectivity index (χ2v) is 10.2. The van der Waals surface area contributed by atoms with E-state index in [-0.39, 0.29) is 16.6 Å². The molecule has 0 saturated carbocycles. The Labute approximate surface area is 187 Å². The summed E-state index contributed by atoms with van der Waals surface area (Å²) in [4.78, 5) is 17.3. The van der Waals surface area contributed by atoms with Crippen molar-refractivity contribution in [1.29, 1.82) is 0 Å². The zero-order valence-electron chi connectivity index (χ0n) is 18.2. The summed E-state index contributed by atoms with van der Waals surface area (Å²) in [6.45, 7) is 8.84. The molecule has 9 heteroatoms. The van der Waals surface area contributed by atoms with Crippen LogP contribution in [0.1, 0.15) is 36.5 Å². The van der Waals surface area contributed by atoms with Gasteiger partial charge in [-0.1, -0.05) is 42.8 Å². The number of nitrogens with zero attached hydrogens (tertiary/aromatic N) is 2. The molecule has 0 saturated heterocycles. The molecule has 7 nitrogen and oxygen atoms in total. The lowest BCUT2D eigenvalue weighted by Crippen LogP contribution is -2.16. The van der Waals surface area contributed by atoms with Gasteiger partial charge in [-0.2, -0.15) is 0 Å². The first kappa shape index (κ1) is 23.3. The molecule has 1 heterocycles. The minimum atomic E-state index is -3.81. The Balaban J connectivity index is 1.83. The van der Waals surface area contributed by atoms with E-state index in [0.717, 1.165) is 47.3 Å². The van der Waals surface area contributed by atoms with E-state index in [1.54, 1.807) is 6.07 Å². The molecule has 0 aliphatic heterocycles. The molecular weight excluding hydrogens is 432 g/mol. The zero-order chi connectivity index (χ0) is 22.8. The first-order chi connectivity index (χ1) is 14.6. The molecule has 2 aromatic carbocycles. The van der Waals surface area contributed by atoms with Crippen LogP contribution in [0.4, 0.5) is 5.69 Å². The molecule has 1 amide bonds. The van der Waals surface area contributed by atoms with Gasteiger partial charge in [0.1, 0.15) is 0 Å². The van der Waals surface area contributed by atoms with Crippen molar-refractivity contribution in [2.45, 2.75) is 57.1 Å². The van der Waals surface area contributed by atoms with Gasteiger partial charge in [0, 0.05) is 12.2 Å². The maximum atomic E-state index is 12.6. The number of carbonyl (C=O) groups excluding carboxylic acids is 1. The SMILES string of the molecule is CCCCn1c(SCC(=O)Nc2c(C)cc(C)cc2C)nc2cc(S(N)(=O)=O)ccc21. The van der Waals surface area contributed by atoms with E-state index in [9.17, 15) is 13.2 Å². The Morgan fingerprint density at radius 3 is 2.45 bits per heavy atom. The number of anilines is 1. The van der Waals surface area contributed by atoms with Crippen molar-refractivity contribution >= 4 is 44.4 Å². The van der Waals surface area contributed by atoms with Gasteiger partial charge in [0.25, 0.3) is 0 Å². The number of thioether (sulfide) groups is 1. The van der Waals surface area contributed by atoms with Crippen LogP contribution in [0.15, 0.2) is 40.4 Å². The smallest absolute Gasteiger partial charge is 0.238 e. The van der Waals surface area contributed by atoms with Gasteiger partial charge in [-0.15, -0.1) is 0 Å². The zero-order valence-corrected chi connectivity index (χ0v) is 19.9. The number of aryl methyl sites for hydroxylation is 4. The van der Waals surface area contributed by atoms with E-state index in [4.69, 9.17) is 5.14 Å². The third kappa shape index (κ3) is 5.47. The van der Waals surface area contributed by atoms with Crippen LogP contribution in [-0.4, -0.2) is 29.6 Å². The monoisotopic (exact) mass is 460 g/mol. The minimum Gasteiger partial charge on any atom is -0.325 e. The number of fused-ring (bicyclic) bond motifs is 1. The van der Waals surface area contributed by atoms with E-state index in [2.05, 4.69) is 17.2 Å². The Bertz CT molecular complexity index is 1210. The molecule has 0 aliphatic carbocycles. The number of aromatic nitrogens is 2. The van der Waals surface area contributed by atoms with Crippen molar-refractivity contribution in [1.82, 2.24) is 9.55 Å². The Morgan fingerprint density at radius 2 is 1.84 bits per heavy atom. The Morgan fingerprint density at radius 1 is 1.16 bits per heavy atom. The van der Waals surface area contributed by atoms with Gasteiger partial charge >= 0.3 is 0 Å². The van der Waals surface area contributed by atoms with Crippen molar-refractivity contribution in [3.05, 3.63) is 47.0 Å². The van der Waals surface area contributed by atoms with E-state index in [0.29, 0.717) is 10.7 Å². The molecule has 0 radical (unpaired) electrons. The van der Waals surface area contributed by atoms with Crippen LogP contribution in [0, 0.1) is 20.8 Å². The highest BCUT2D eigenvalue weighted by Gasteiger charge is 2.17. The maximum absolute atomic E-state index is 12.6. The lowest BCUT2D eigenvalue weighted by atomic mass is 10.1. The first-order valence-corrected chi connectivity index (χ1v) is 12.7. The van der Waals surface area contributed by atoms with Crippen molar-refractivity contribution in [3.63, 3.8) is 0 Å². The molecule has 0 atom stereocenters. The van der Waals surface area contributed by atoms with Gasteiger partial charge < -0.3 is 9.88 Å². The van der Waals surface area contributed by atoms with E-state index >= 15 is 0 Å². The minimum absolute atomic E-state index is 0.0276. The van der Waals surface area contributed by atoms with E-state index < -0.39 is 10.0 Å². The number of hydrogen-bond donors (Lipinski definition) is 2. The molecular formula is C22H28N4O3S2. The van der Waals surface area contributed by atoms with Gasteiger partial charge in [0.05, 0.1) is 21.7 Å².